The first kappa shape index (κ1) is 18.2. The normalized spacial score (nSPS) is 10.7. The molecule has 9 nitrogen and oxygen atoms in total. The summed E-state index contributed by atoms with van der Waals surface area (Å²) in [6, 6.07) is 11.6. The first-order valence-corrected chi connectivity index (χ1v) is 8.36. The predicted molar refractivity (Wildman–Crippen MR) is 96.7 cm³/mol. The van der Waals surface area contributed by atoms with Crippen molar-refractivity contribution in [1.29, 1.82) is 0 Å². The Kier molecular flexibility index (Phi) is 5.50. The number of aryl methyl sites for hydroxylation is 1. The maximum Gasteiger partial charge on any atom is 0.419 e. The van der Waals surface area contributed by atoms with Gasteiger partial charge in [-0.2, -0.15) is 0 Å². The third kappa shape index (κ3) is 4.51. The number of benzene rings is 1. The molecule has 0 fully saturated rings. The lowest BCUT2D eigenvalue weighted by Crippen LogP contribution is -2.44. The Morgan fingerprint density at radius 2 is 1.70 bits per heavy atom. The fraction of sp³-hybridized carbons (Fsp3) is 0.222. The summed E-state index contributed by atoms with van der Waals surface area (Å²) >= 11 is 0. The lowest BCUT2D eigenvalue weighted by atomic mass is 10.3. The molecule has 2 aromatic heterocycles. The van der Waals surface area contributed by atoms with Crippen LogP contribution in [0.15, 0.2) is 62.7 Å². The Bertz CT molecular complexity index is 1080. The number of amides is 2. The lowest BCUT2D eigenvalue weighted by Gasteiger charge is -2.08. The summed E-state index contributed by atoms with van der Waals surface area (Å²) in [4.78, 5) is 47.0. The van der Waals surface area contributed by atoms with E-state index in [0.29, 0.717) is 24.1 Å². The summed E-state index contributed by atoms with van der Waals surface area (Å²) in [6.07, 6.45) is 1.98. The summed E-state index contributed by atoms with van der Waals surface area (Å²) in [5, 5.41) is 0. The monoisotopic (exact) mass is 370 g/mol. The first-order valence-electron chi connectivity index (χ1n) is 8.36. The number of fused-ring (bicyclic) bond motifs is 1. The van der Waals surface area contributed by atoms with E-state index in [2.05, 4.69) is 10.9 Å². The van der Waals surface area contributed by atoms with Gasteiger partial charge >= 0.3 is 5.76 Å². The first-order chi connectivity index (χ1) is 13.0. The van der Waals surface area contributed by atoms with E-state index in [1.54, 1.807) is 36.4 Å². The van der Waals surface area contributed by atoms with Gasteiger partial charge in [-0.05, 0) is 24.6 Å². The van der Waals surface area contributed by atoms with Gasteiger partial charge in [-0.25, -0.2) is 4.79 Å². The minimum atomic E-state index is -0.520. The van der Waals surface area contributed by atoms with Crippen molar-refractivity contribution in [2.45, 2.75) is 25.9 Å². The molecule has 0 saturated carbocycles. The number of rotatable bonds is 6. The highest BCUT2D eigenvalue weighted by molar-refractivity contribution is 5.81. The van der Waals surface area contributed by atoms with Crippen LogP contribution in [0.5, 0.6) is 0 Å². The minimum Gasteiger partial charge on any atom is -0.408 e. The van der Waals surface area contributed by atoms with Crippen LogP contribution in [0.3, 0.4) is 0 Å². The zero-order chi connectivity index (χ0) is 19.2. The highest BCUT2D eigenvalue weighted by atomic mass is 16.4. The zero-order valence-electron chi connectivity index (χ0n) is 14.4. The molecule has 3 aromatic rings. The molecule has 2 N–H and O–H groups in total. The van der Waals surface area contributed by atoms with Crippen LogP contribution in [0.25, 0.3) is 11.1 Å². The van der Waals surface area contributed by atoms with Gasteiger partial charge in [0.15, 0.2) is 5.58 Å². The molecule has 3 rings (SSSR count). The number of carbonyl (C=O) groups is 2. The SMILES string of the molecule is O=C(CCCn1c(=O)oc2ccccc21)NNC(=O)Cn1ccccc1=O. The topological polar surface area (TPSA) is 115 Å². The summed E-state index contributed by atoms with van der Waals surface area (Å²) in [5.41, 5.74) is 5.40. The number of hydrogen-bond acceptors (Lipinski definition) is 5. The van der Waals surface area contributed by atoms with Crippen molar-refractivity contribution in [2.24, 2.45) is 0 Å². The summed E-state index contributed by atoms with van der Waals surface area (Å²) in [7, 11) is 0. The second-order valence-corrected chi connectivity index (χ2v) is 5.85. The molecule has 1 aromatic carbocycles. The quantitative estimate of drug-likeness (QED) is 0.609. The number of para-hydroxylation sites is 2. The van der Waals surface area contributed by atoms with Crippen molar-refractivity contribution in [3.8, 4) is 0 Å². The van der Waals surface area contributed by atoms with Crippen LogP contribution in [0.2, 0.25) is 0 Å². The molecule has 0 saturated heterocycles. The van der Waals surface area contributed by atoms with Crippen molar-refractivity contribution in [3.05, 3.63) is 69.6 Å². The fourth-order valence-electron chi connectivity index (χ4n) is 2.61. The van der Waals surface area contributed by atoms with Crippen LogP contribution < -0.4 is 22.2 Å². The molecule has 2 heterocycles. The second kappa shape index (κ2) is 8.17. The predicted octanol–water partition coefficient (Wildman–Crippen LogP) is 0.384. The zero-order valence-corrected chi connectivity index (χ0v) is 14.4. The fourth-order valence-corrected chi connectivity index (χ4v) is 2.61. The van der Waals surface area contributed by atoms with Gasteiger partial charge in [0.2, 0.25) is 5.91 Å². The van der Waals surface area contributed by atoms with E-state index in [1.807, 2.05) is 0 Å². The highest BCUT2D eigenvalue weighted by Crippen LogP contribution is 2.12. The Labute approximate surface area is 153 Å². The van der Waals surface area contributed by atoms with Gasteiger partial charge in [-0.1, -0.05) is 18.2 Å². The van der Waals surface area contributed by atoms with Crippen LogP contribution in [0, 0.1) is 0 Å². The number of nitrogens with zero attached hydrogens (tertiary/aromatic N) is 2. The highest BCUT2D eigenvalue weighted by Gasteiger charge is 2.10. The molecule has 0 atom stereocenters. The van der Waals surface area contributed by atoms with Gasteiger partial charge in [0.05, 0.1) is 5.52 Å². The number of pyridine rings is 1. The average Bonchev–Trinajstić information content (AvgIpc) is 2.97. The van der Waals surface area contributed by atoms with Gasteiger partial charge in [0.1, 0.15) is 6.54 Å². The number of hydrogen-bond donors (Lipinski definition) is 2. The largest absolute Gasteiger partial charge is 0.419 e. The van der Waals surface area contributed by atoms with Crippen LogP contribution in [0.4, 0.5) is 0 Å². The molecule has 0 unspecified atom stereocenters. The van der Waals surface area contributed by atoms with E-state index >= 15 is 0 Å². The van der Waals surface area contributed by atoms with E-state index in [-0.39, 0.29) is 18.5 Å². The van der Waals surface area contributed by atoms with Gasteiger partial charge in [0, 0.05) is 25.2 Å². The third-order valence-electron chi connectivity index (χ3n) is 3.91. The van der Waals surface area contributed by atoms with Crippen molar-refractivity contribution < 1.29 is 14.0 Å². The smallest absolute Gasteiger partial charge is 0.408 e. The van der Waals surface area contributed by atoms with E-state index in [1.165, 1.54) is 21.4 Å². The molecule has 0 bridgehead atoms. The van der Waals surface area contributed by atoms with Gasteiger partial charge < -0.3 is 8.98 Å². The molecule has 0 aliphatic heterocycles. The Morgan fingerprint density at radius 1 is 0.963 bits per heavy atom. The third-order valence-corrected chi connectivity index (χ3v) is 3.91. The van der Waals surface area contributed by atoms with E-state index in [0.717, 1.165) is 0 Å². The van der Waals surface area contributed by atoms with E-state index in [4.69, 9.17) is 4.42 Å². The van der Waals surface area contributed by atoms with Crippen LogP contribution in [0.1, 0.15) is 12.8 Å². The molecule has 2 amide bonds. The van der Waals surface area contributed by atoms with E-state index < -0.39 is 17.6 Å². The van der Waals surface area contributed by atoms with Crippen LogP contribution in [-0.4, -0.2) is 20.9 Å². The van der Waals surface area contributed by atoms with E-state index in [9.17, 15) is 19.2 Å². The van der Waals surface area contributed by atoms with Crippen LogP contribution >= 0.6 is 0 Å². The summed E-state index contributed by atoms with van der Waals surface area (Å²) < 4.78 is 7.81. The molecule has 9 heteroatoms. The Hall–Kier alpha value is -3.62. The van der Waals surface area contributed by atoms with Crippen molar-refractivity contribution in [3.63, 3.8) is 0 Å². The number of nitrogens with one attached hydrogen (secondary N) is 2. The van der Waals surface area contributed by atoms with Gasteiger partial charge in [-0.15, -0.1) is 0 Å². The number of carbonyl (C=O) groups excluding carboxylic acids is 2. The molecular formula is C18H18N4O5. The van der Waals surface area contributed by atoms with Crippen molar-refractivity contribution in [2.75, 3.05) is 0 Å². The molecule has 0 aliphatic rings. The minimum absolute atomic E-state index is 0.109. The molecule has 27 heavy (non-hydrogen) atoms. The Balaban J connectivity index is 1.45. The van der Waals surface area contributed by atoms with Crippen molar-refractivity contribution >= 4 is 22.9 Å². The summed E-state index contributed by atoms with van der Waals surface area (Å²) in [6.45, 7) is 0.118. The molecule has 0 radical (unpaired) electrons. The molecule has 0 aliphatic carbocycles. The standard InChI is InChI=1S/C18H18N4O5/c23-15(19-20-16(24)12-21-10-4-3-9-17(21)25)8-5-11-22-13-6-1-2-7-14(13)27-18(22)26/h1-4,6-7,9-10H,5,8,11-12H2,(H,19,23)(H,20,24). The van der Waals surface area contributed by atoms with Crippen LogP contribution in [-0.2, 0) is 22.7 Å². The lowest BCUT2D eigenvalue weighted by molar-refractivity contribution is -0.129. The number of hydrazine groups is 1. The maximum absolute atomic E-state index is 11.8. The molecule has 140 valence electrons. The average molecular weight is 370 g/mol. The molecular weight excluding hydrogens is 352 g/mol. The summed E-state index contributed by atoms with van der Waals surface area (Å²) in [5.74, 6) is -1.39. The van der Waals surface area contributed by atoms with Crippen molar-refractivity contribution in [1.82, 2.24) is 20.0 Å². The Morgan fingerprint density at radius 3 is 2.52 bits per heavy atom. The van der Waals surface area contributed by atoms with Gasteiger partial charge in [0.25, 0.3) is 11.5 Å². The second-order valence-electron chi connectivity index (χ2n) is 5.85. The van der Waals surface area contributed by atoms with Gasteiger partial charge in [-0.3, -0.25) is 29.8 Å². The maximum atomic E-state index is 11.8. The number of oxazole rings is 1. The number of aromatic nitrogens is 2. The molecule has 0 spiro atoms.